The van der Waals surface area contributed by atoms with Crippen molar-refractivity contribution in [3.8, 4) is 0 Å². The molecule has 1 N–H and O–H groups in total. The third kappa shape index (κ3) is 3.10. The molecule has 108 valence electrons. The fourth-order valence-corrected chi connectivity index (χ4v) is 3.00. The molecule has 0 radical (unpaired) electrons. The zero-order valence-electron chi connectivity index (χ0n) is 11.4. The molecular weight excluding hydrogens is 274 g/mol. The summed E-state index contributed by atoms with van der Waals surface area (Å²) in [5.41, 5.74) is -0.277. The predicted octanol–water partition coefficient (Wildman–Crippen LogP) is 1.71. The van der Waals surface area contributed by atoms with Crippen LogP contribution in [0.3, 0.4) is 0 Å². The Morgan fingerprint density at radius 1 is 1.32 bits per heavy atom. The maximum absolute atomic E-state index is 14.2. The van der Waals surface area contributed by atoms with Gasteiger partial charge in [0.05, 0.1) is 0 Å². The highest BCUT2D eigenvalue weighted by atomic mass is 32.2. The van der Waals surface area contributed by atoms with E-state index in [0.29, 0.717) is 0 Å². The maximum atomic E-state index is 14.2. The van der Waals surface area contributed by atoms with E-state index < -0.39 is 26.6 Å². The number of hydrogen-bond donors (Lipinski definition) is 1. The molecule has 1 rings (SSSR count). The SMILES string of the molecule is CNCc1c(F)ccc(S(=O)(=O)N(C)C(C)C)c1F. The Hall–Kier alpha value is -1.05. The first kappa shape index (κ1) is 16.0. The molecule has 0 aromatic heterocycles. The molecule has 0 saturated carbocycles. The summed E-state index contributed by atoms with van der Waals surface area (Å²) in [5.74, 6) is -1.81. The van der Waals surface area contributed by atoms with Crippen molar-refractivity contribution in [1.29, 1.82) is 0 Å². The molecule has 19 heavy (non-hydrogen) atoms. The monoisotopic (exact) mass is 292 g/mol. The van der Waals surface area contributed by atoms with E-state index in [1.807, 2.05) is 0 Å². The molecule has 0 bridgehead atoms. The smallest absolute Gasteiger partial charge is 0.245 e. The van der Waals surface area contributed by atoms with Crippen molar-refractivity contribution in [2.45, 2.75) is 31.3 Å². The van der Waals surface area contributed by atoms with E-state index in [0.717, 1.165) is 16.4 Å². The van der Waals surface area contributed by atoms with E-state index in [9.17, 15) is 17.2 Å². The summed E-state index contributed by atoms with van der Waals surface area (Å²) in [6.07, 6.45) is 0. The first-order valence-electron chi connectivity index (χ1n) is 5.83. The van der Waals surface area contributed by atoms with Gasteiger partial charge in [0.15, 0.2) is 5.82 Å². The van der Waals surface area contributed by atoms with Gasteiger partial charge in [0, 0.05) is 25.2 Å². The van der Waals surface area contributed by atoms with E-state index in [1.54, 1.807) is 13.8 Å². The third-order valence-corrected chi connectivity index (χ3v) is 4.94. The Kier molecular flexibility index (Phi) is 5.00. The topological polar surface area (TPSA) is 49.4 Å². The zero-order chi connectivity index (χ0) is 14.8. The molecular formula is C12H18F2N2O2S. The molecule has 0 amide bonds. The van der Waals surface area contributed by atoms with Gasteiger partial charge in [-0.25, -0.2) is 17.2 Å². The Labute approximate surface area is 112 Å². The lowest BCUT2D eigenvalue weighted by molar-refractivity contribution is 0.406. The fraction of sp³-hybridized carbons (Fsp3) is 0.500. The second kappa shape index (κ2) is 5.94. The van der Waals surface area contributed by atoms with Gasteiger partial charge in [-0.2, -0.15) is 4.31 Å². The number of rotatable bonds is 5. The van der Waals surface area contributed by atoms with Crippen molar-refractivity contribution in [3.63, 3.8) is 0 Å². The van der Waals surface area contributed by atoms with E-state index >= 15 is 0 Å². The van der Waals surface area contributed by atoms with Gasteiger partial charge in [-0.1, -0.05) is 0 Å². The summed E-state index contributed by atoms with van der Waals surface area (Å²) >= 11 is 0. The van der Waals surface area contributed by atoms with Gasteiger partial charge >= 0.3 is 0 Å². The summed E-state index contributed by atoms with van der Waals surface area (Å²) in [7, 11) is -1.07. The molecule has 7 heteroatoms. The summed E-state index contributed by atoms with van der Waals surface area (Å²) in [5, 5.41) is 2.61. The minimum Gasteiger partial charge on any atom is -0.315 e. The third-order valence-electron chi connectivity index (χ3n) is 2.89. The molecule has 0 heterocycles. The lowest BCUT2D eigenvalue weighted by Crippen LogP contribution is -2.33. The van der Waals surface area contributed by atoms with Crippen LogP contribution < -0.4 is 5.32 Å². The number of nitrogens with one attached hydrogen (secondary N) is 1. The Morgan fingerprint density at radius 2 is 1.89 bits per heavy atom. The van der Waals surface area contributed by atoms with E-state index in [2.05, 4.69) is 5.32 Å². The molecule has 0 spiro atoms. The minimum absolute atomic E-state index is 0.0770. The second-order valence-corrected chi connectivity index (χ2v) is 6.45. The number of benzene rings is 1. The van der Waals surface area contributed by atoms with E-state index in [1.165, 1.54) is 14.1 Å². The number of halogens is 2. The van der Waals surface area contributed by atoms with Gasteiger partial charge in [-0.15, -0.1) is 0 Å². The molecule has 4 nitrogen and oxygen atoms in total. The lowest BCUT2D eigenvalue weighted by Gasteiger charge is -2.21. The van der Waals surface area contributed by atoms with Gasteiger partial charge in [0.2, 0.25) is 10.0 Å². The van der Waals surface area contributed by atoms with Crippen molar-refractivity contribution >= 4 is 10.0 Å². The zero-order valence-corrected chi connectivity index (χ0v) is 12.2. The van der Waals surface area contributed by atoms with Crippen LogP contribution in [0.2, 0.25) is 0 Å². The van der Waals surface area contributed by atoms with Crippen LogP contribution in [0.25, 0.3) is 0 Å². The van der Waals surface area contributed by atoms with Crippen molar-refractivity contribution in [3.05, 3.63) is 29.3 Å². The van der Waals surface area contributed by atoms with Gasteiger partial charge in [-0.05, 0) is 33.0 Å². The molecule has 0 fully saturated rings. The first-order valence-corrected chi connectivity index (χ1v) is 7.27. The Morgan fingerprint density at radius 3 is 2.37 bits per heavy atom. The molecule has 0 aliphatic carbocycles. The van der Waals surface area contributed by atoms with Crippen molar-refractivity contribution in [2.75, 3.05) is 14.1 Å². The van der Waals surface area contributed by atoms with E-state index in [4.69, 9.17) is 0 Å². The fourth-order valence-electron chi connectivity index (χ4n) is 1.55. The molecule has 0 saturated heterocycles. The molecule has 0 aliphatic heterocycles. The van der Waals surface area contributed by atoms with Crippen molar-refractivity contribution < 1.29 is 17.2 Å². The van der Waals surface area contributed by atoms with Gasteiger partial charge in [-0.3, -0.25) is 0 Å². The normalized spacial score (nSPS) is 12.4. The van der Waals surface area contributed by atoms with Crippen LogP contribution in [-0.4, -0.2) is 32.9 Å². The standard InChI is InChI=1S/C12H18F2N2O2S/c1-8(2)16(4)19(17,18)11-6-5-10(13)9(7-15-3)12(11)14/h5-6,8,15H,7H2,1-4H3. The Bertz CT molecular complexity index is 559. The summed E-state index contributed by atoms with van der Waals surface area (Å²) in [6.45, 7) is 3.27. The predicted molar refractivity (Wildman–Crippen MR) is 69.2 cm³/mol. The highest BCUT2D eigenvalue weighted by molar-refractivity contribution is 7.89. The largest absolute Gasteiger partial charge is 0.315 e. The molecule has 0 aliphatic rings. The van der Waals surface area contributed by atoms with Gasteiger partial charge in [0.25, 0.3) is 0 Å². The highest BCUT2D eigenvalue weighted by Gasteiger charge is 2.28. The van der Waals surface area contributed by atoms with Crippen LogP contribution in [0.5, 0.6) is 0 Å². The van der Waals surface area contributed by atoms with Crippen LogP contribution in [0, 0.1) is 11.6 Å². The second-order valence-electron chi connectivity index (χ2n) is 4.48. The van der Waals surface area contributed by atoms with Crippen molar-refractivity contribution in [1.82, 2.24) is 9.62 Å². The molecule has 0 atom stereocenters. The Balaban J connectivity index is 3.41. The number of sulfonamides is 1. The van der Waals surface area contributed by atoms with Crippen LogP contribution in [0.15, 0.2) is 17.0 Å². The average molecular weight is 292 g/mol. The summed E-state index contributed by atoms with van der Waals surface area (Å²) in [6, 6.07) is 1.61. The first-order chi connectivity index (χ1) is 8.73. The number of nitrogens with zero attached hydrogens (tertiary/aromatic N) is 1. The average Bonchev–Trinajstić information content (AvgIpc) is 2.32. The number of hydrogen-bond acceptors (Lipinski definition) is 3. The highest BCUT2D eigenvalue weighted by Crippen LogP contribution is 2.24. The molecule has 0 unspecified atom stereocenters. The van der Waals surface area contributed by atoms with Crippen LogP contribution in [-0.2, 0) is 16.6 Å². The molecule has 1 aromatic carbocycles. The lowest BCUT2D eigenvalue weighted by atomic mass is 10.2. The molecule has 1 aromatic rings. The van der Waals surface area contributed by atoms with E-state index in [-0.39, 0.29) is 18.2 Å². The van der Waals surface area contributed by atoms with Gasteiger partial charge in [0.1, 0.15) is 10.7 Å². The van der Waals surface area contributed by atoms with Gasteiger partial charge < -0.3 is 5.32 Å². The van der Waals surface area contributed by atoms with Crippen LogP contribution >= 0.6 is 0 Å². The van der Waals surface area contributed by atoms with Crippen LogP contribution in [0.1, 0.15) is 19.4 Å². The van der Waals surface area contributed by atoms with Crippen LogP contribution in [0.4, 0.5) is 8.78 Å². The maximum Gasteiger partial charge on any atom is 0.245 e. The summed E-state index contributed by atoms with van der Waals surface area (Å²) in [4.78, 5) is -0.504. The van der Waals surface area contributed by atoms with Crippen molar-refractivity contribution in [2.24, 2.45) is 0 Å². The minimum atomic E-state index is -3.96. The quantitative estimate of drug-likeness (QED) is 0.899. The summed E-state index contributed by atoms with van der Waals surface area (Å²) < 4.78 is 53.1.